The van der Waals surface area contributed by atoms with Crippen LogP contribution >= 0.6 is 11.6 Å². The molecule has 2 amide bonds. The zero-order chi connectivity index (χ0) is 20.1. The number of carbonyl (C=O) groups excluding carboxylic acids is 2. The summed E-state index contributed by atoms with van der Waals surface area (Å²) in [6.07, 6.45) is -0.491. The SMILES string of the molecule is O=C(CCNS(=O)(=O)c1cccc(Cl)c1)Nc1cccc(N2CCOC2=O)c1. The van der Waals surface area contributed by atoms with Crippen LogP contribution in [0.1, 0.15) is 6.42 Å². The molecule has 0 radical (unpaired) electrons. The van der Waals surface area contributed by atoms with Crippen LogP contribution < -0.4 is 14.9 Å². The van der Waals surface area contributed by atoms with Gasteiger partial charge in [-0.3, -0.25) is 9.69 Å². The number of hydrogen-bond acceptors (Lipinski definition) is 5. The molecule has 1 heterocycles. The molecule has 0 spiro atoms. The Morgan fingerprint density at radius 3 is 2.68 bits per heavy atom. The van der Waals surface area contributed by atoms with Crippen LogP contribution in [0.25, 0.3) is 0 Å². The average molecular weight is 424 g/mol. The van der Waals surface area contributed by atoms with E-state index in [4.69, 9.17) is 16.3 Å². The maximum absolute atomic E-state index is 12.2. The van der Waals surface area contributed by atoms with Crippen molar-refractivity contribution in [1.82, 2.24) is 4.72 Å². The third kappa shape index (κ3) is 5.00. The van der Waals surface area contributed by atoms with E-state index in [1.165, 1.54) is 23.1 Å². The van der Waals surface area contributed by atoms with Crippen LogP contribution in [0.2, 0.25) is 5.02 Å². The molecule has 0 aromatic heterocycles. The number of hydrogen-bond donors (Lipinski definition) is 2. The first kappa shape index (κ1) is 20.1. The molecule has 0 atom stereocenters. The Balaban J connectivity index is 1.54. The number of nitrogens with zero attached hydrogens (tertiary/aromatic N) is 1. The summed E-state index contributed by atoms with van der Waals surface area (Å²) in [7, 11) is -3.75. The summed E-state index contributed by atoms with van der Waals surface area (Å²) in [5, 5.41) is 2.99. The molecule has 1 aliphatic heterocycles. The summed E-state index contributed by atoms with van der Waals surface area (Å²) in [6, 6.07) is 12.6. The quantitative estimate of drug-likeness (QED) is 0.712. The van der Waals surface area contributed by atoms with Crippen LogP contribution in [0, 0.1) is 0 Å². The molecular formula is C18H18ClN3O5S. The smallest absolute Gasteiger partial charge is 0.414 e. The van der Waals surface area contributed by atoms with Crippen molar-refractivity contribution in [2.24, 2.45) is 0 Å². The number of anilines is 2. The number of cyclic esters (lactones) is 1. The number of sulfonamides is 1. The first-order valence-electron chi connectivity index (χ1n) is 8.44. The molecule has 1 fully saturated rings. The van der Waals surface area contributed by atoms with E-state index in [0.29, 0.717) is 29.5 Å². The van der Waals surface area contributed by atoms with Crippen LogP contribution in [-0.2, 0) is 19.6 Å². The van der Waals surface area contributed by atoms with Gasteiger partial charge in [-0.15, -0.1) is 0 Å². The molecule has 0 unspecified atom stereocenters. The fourth-order valence-electron chi connectivity index (χ4n) is 2.62. The lowest BCUT2D eigenvalue weighted by atomic mass is 10.2. The van der Waals surface area contributed by atoms with Gasteiger partial charge in [-0.1, -0.05) is 23.7 Å². The van der Waals surface area contributed by atoms with Crippen LogP contribution in [0.3, 0.4) is 0 Å². The lowest BCUT2D eigenvalue weighted by Gasteiger charge is -2.14. The van der Waals surface area contributed by atoms with Gasteiger partial charge in [0.15, 0.2) is 0 Å². The number of benzene rings is 2. The lowest BCUT2D eigenvalue weighted by Crippen LogP contribution is -2.28. The first-order valence-corrected chi connectivity index (χ1v) is 10.3. The predicted molar refractivity (Wildman–Crippen MR) is 105 cm³/mol. The Labute approximate surface area is 167 Å². The van der Waals surface area contributed by atoms with E-state index in [1.54, 1.807) is 30.3 Å². The van der Waals surface area contributed by atoms with Crippen molar-refractivity contribution >= 4 is 45.0 Å². The summed E-state index contributed by atoms with van der Waals surface area (Å²) < 4.78 is 31.7. The highest BCUT2D eigenvalue weighted by molar-refractivity contribution is 7.89. The minimum Gasteiger partial charge on any atom is -0.447 e. The summed E-state index contributed by atoms with van der Waals surface area (Å²) >= 11 is 5.81. The summed E-state index contributed by atoms with van der Waals surface area (Å²) in [5.74, 6) is -0.366. The molecule has 2 aromatic carbocycles. The second-order valence-corrected chi connectivity index (χ2v) is 8.17. The minimum absolute atomic E-state index is 0.0330. The van der Waals surface area contributed by atoms with E-state index in [1.807, 2.05) is 0 Å². The van der Waals surface area contributed by atoms with Crippen molar-refractivity contribution in [3.63, 3.8) is 0 Å². The fourth-order valence-corrected chi connectivity index (χ4v) is 3.95. The Bertz CT molecular complexity index is 996. The third-order valence-electron chi connectivity index (χ3n) is 3.95. The van der Waals surface area contributed by atoms with E-state index >= 15 is 0 Å². The molecule has 2 N–H and O–H groups in total. The maximum Gasteiger partial charge on any atom is 0.414 e. The number of nitrogens with one attached hydrogen (secondary N) is 2. The van der Waals surface area contributed by atoms with E-state index in [0.717, 1.165) is 0 Å². The Hall–Kier alpha value is -2.62. The van der Waals surface area contributed by atoms with Crippen molar-refractivity contribution in [3.8, 4) is 0 Å². The van der Waals surface area contributed by atoms with Gasteiger partial charge in [-0.25, -0.2) is 17.9 Å². The second kappa shape index (κ2) is 8.59. The lowest BCUT2D eigenvalue weighted by molar-refractivity contribution is -0.116. The van der Waals surface area contributed by atoms with Crippen molar-refractivity contribution in [2.75, 3.05) is 29.9 Å². The van der Waals surface area contributed by atoms with Crippen LogP contribution in [0.4, 0.5) is 16.2 Å². The molecule has 10 heteroatoms. The molecule has 1 saturated heterocycles. The van der Waals surface area contributed by atoms with Crippen LogP contribution in [0.5, 0.6) is 0 Å². The summed E-state index contributed by atoms with van der Waals surface area (Å²) in [5.41, 5.74) is 1.11. The maximum atomic E-state index is 12.2. The third-order valence-corrected chi connectivity index (χ3v) is 5.65. The molecule has 148 valence electrons. The number of amides is 2. The standard InChI is InChI=1S/C18H18ClN3O5S/c19-13-3-1-6-16(11-13)28(25,26)20-8-7-17(23)21-14-4-2-5-15(12-14)22-9-10-27-18(22)24/h1-6,11-12,20H,7-10H2,(H,21,23). The first-order chi connectivity index (χ1) is 13.3. The van der Waals surface area contributed by atoms with E-state index in [-0.39, 0.29) is 23.8 Å². The summed E-state index contributed by atoms with van der Waals surface area (Å²) in [4.78, 5) is 25.2. The highest BCUT2D eigenvalue weighted by Crippen LogP contribution is 2.22. The van der Waals surface area contributed by atoms with Gasteiger partial charge >= 0.3 is 6.09 Å². The van der Waals surface area contributed by atoms with E-state index in [9.17, 15) is 18.0 Å². The highest BCUT2D eigenvalue weighted by atomic mass is 35.5. The minimum atomic E-state index is -3.75. The highest BCUT2D eigenvalue weighted by Gasteiger charge is 2.23. The molecule has 8 nitrogen and oxygen atoms in total. The average Bonchev–Trinajstić information content (AvgIpc) is 3.08. The topological polar surface area (TPSA) is 105 Å². The van der Waals surface area contributed by atoms with Crippen molar-refractivity contribution < 1.29 is 22.7 Å². The van der Waals surface area contributed by atoms with E-state index in [2.05, 4.69) is 10.0 Å². The van der Waals surface area contributed by atoms with Gasteiger partial charge in [0.25, 0.3) is 0 Å². The molecule has 0 aliphatic carbocycles. The van der Waals surface area contributed by atoms with Gasteiger partial charge in [0.2, 0.25) is 15.9 Å². The van der Waals surface area contributed by atoms with Gasteiger partial charge < -0.3 is 10.1 Å². The molecule has 0 saturated carbocycles. The zero-order valence-corrected chi connectivity index (χ0v) is 16.3. The second-order valence-electron chi connectivity index (χ2n) is 5.97. The van der Waals surface area contributed by atoms with Crippen LogP contribution in [0.15, 0.2) is 53.4 Å². The fraction of sp³-hybridized carbons (Fsp3) is 0.222. The van der Waals surface area contributed by atoms with Crippen molar-refractivity contribution in [2.45, 2.75) is 11.3 Å². The monoisotopic (exact) mass is 423 g/mol. The molecule has 1 aliphatic rings. The molecule has 28 heavy (non-hydrogen) atoms. The number of rotatable bonds is 7. The predicted octanol–water partition coefficient (Wildman–Crippen LogP) is 2.60. The number of ether oxygens (including phenoxy) is 1. The van der Waals surface area contributed by atoms with Gasteiger partial charge in [-0.05, 0) is 36.4 Å². The molecule has 3 rings (SSSR count). The van der Waals surface area contributed by atoms with Gasteiger partial charge in [0.1, 0.15) is 6.61 Å². The van der Waals surface area contributed by atoms with Crippen molar-refractivity contribution in [1.29, 1.82) is 0 Å². The number of carbonyl (C=O) groups is 2. The summed E-state index contributed by atoms with van der Waals surface area (Å²) in [6.45, 7) is 0.697. The largest absolute Gasteiger partial charge is 0.447 e. The Morgan fingerprint density at radius 1 is 1.18 bits per heavy atom. The zero-order valence-electron chi connectivity index (χ0n) is 14.7. The van der Waals surface area contributed by atoms with Gasteiger partial charge in [0.05, 0.1) is 11.4 Å². The Morgan fingerprint density at radius 2 is 1.96 bits per heavy atom. The van der Waals surface area contributed by atoms with Crippen LogP contribution in [-0.4, -0.2) is 40.1 Å². The van der Waals surface area contributed by atoms with Gasteiger partial charge in [0, 0.05) is 29.4 Å². The Kier molecular flexibility index (Phi) is 6.18. The molecule has 0 bridgehead atoms. The molecular weight excluding hydrogens is 406 g/mol. The molecule has 2 aromatic rings. The normalized spacial score (nSPS) is 14.0. The van der Waals surface area contributed by atoms with Crippen molar-refractivity contribution in [3.05, 3.63) is 53.6 Å². The van der Waals surface area contributed by atoms with Gasteiger partial charge in [-0.2, -0.15) is 0 Å². The number of halogens is 1. The van der Waals surface area contributed by atoms with E-state index < -0.39 is 16.1 Å².